The molecule has 0 saturated heterocycles. The van der Waals surface area contributed by atoms with E-state index in [0.29, 0.717) is 0 Å². The highest BCUT2D eigenvalue weighted by atomic mass is 16.6. The lowest BCUT2D eigenvalue weighted by Crippen LogP contribution is -2.12. The van der Waals surface area contributed by atoms with Crippen molar-refractivity contribution in [1.82, 2.24) is 0 Å². The fourth-order valence-electron chi connectivity index (χ4n) is 1.50. The number of hydrogen-bond acceptors (Lipinski definition) is 5. The Bertz CT molecular complexity index is 649. The van der Waals surface area contributed by atoms with Crippen LogP contribution in [0.1, 0.15) is 20.7 Å². The summed E-state index contributed by atoms with van der Waals surface area (Å²) in [5.74, 6) is -1.62. The van der Waals surface area contributed by atoms with Gasteiger partial charge in [-0.15, -0.1) is 0 Å². The topological polar surface area (TPSA) is 86.5 Å². The molecule has 0 aliphatic rings. The number of rotatable bonds is 3. The molecule has 0 atom stereocenters. The number of non-ortho nitro benzene ring substituents is 1. The SMILES string of the molecule is O=C(OC(=O)c1ccc([N+](=O)[O-])cc1)c1ccccc1. The lowest BCUT2D eigenvalue weighted by atomic mass is 10.2. The van der Waals surface area contributed by atoms with Crippen molar-refractivity contribution < 1.29 is 19.2 Å². The summed E-state index contributed by atoms with van der Waals surface area (Å²) in [5.41, 5.74) is 0.179. The van der Waals surface area contributed by atoms with Crippen molar-refractivity contribution in [3.63, 3.8) is 0 Å². The first kappa shape index (κ1) is 13.4. The number of nitro benzene ring substituents is 1. The van der Waals surface area contributed by atoms with Gasteiger partial charge in [-0.25, -0.2) is 9.59 Å². The van der Waals surface area contributed by atoms with Crippen molar-refractivity contribution >= 4 is 17.6 Å². The second-order valence-electron chi connectivity index (χ2n) is 3.85. The Kier molecular flexibility index (Phi) is 3.85. The maximum absolute atomic E-state index is 11.7. The molecule has 100 valence electrons. The molecule has 0 spiro atoms. The quantitative estimate of drug-likeness (QED) is 0.370. The fraction of sp³-hybridized carbons (Fsp3) is 0. The van der Waals surface area contributed by atoms with E-state index in [1.54, 1.807) is 18.2 Å². The number of esters is 2. The van der Waals surface area contributed by atoms with Crippen LogP contribution in [0.25, 0.3) is 0 Å². The van der Waals surface area contributed by atoms with Gasteiger partial charge in [0.15, 0.2) is 0 Å². The van der Waals surface area contributed by atoms with Crippen molar-refractivity contribution in [1.29, 1.82) is 0 Å². The van der Waals surface area contributed by atoms with Crippen molar-refractivity contribution in [3.05, 3.63) is 75.8 Å². The van der Waals surface area contributed by atoms with Gasteiger partial charge in [-0.3, -0.25) is 10.1 Å². The highest BCUT2D eigenvalue weighted by Crippen LogP contribution is 2.13. The van der Waals surface area contributed by atoms with E-state index in [0.717, 1.165) is 0 Å². The Hall–Kier alpha value is -3.02. The summed E-state index contributed by atoms with van der Waals surface area (Å²) in [6.45, 7) is 0. The lowest BCUT2D eigenvalue weighted by molar-refractivity contribution is -0.384. The monoisotopic (exact) mass is 271 g/mol. The van der Waals surface area contributed by atoms with Gasteiger partial charge in [0, 0.05) is 12.1 Å². The van der Waals surface area contributed by atoms with Crippen LogP contribution in [0, 0.1) is 10.1 Å². The predicted octanol–water partition coefficient (Wildman–Crippen LogP) is 2.59. The van der Waals surface area contributed by atoms with Gasteiger partial charge in [0.1, 0.15) is 0 Å². The maximum atomic E-state index is 11.7. The van der Waals surface area contributed by atoms with E-state index in [9.17, 15) is 19.7 Å². The molecular formula is C14H9NO5. The number of nitro groups is 1. The average molecular weight is 271 g/mol. The molecule has 0 bridgehead atoms. The Morgan fingerprint density at radius 3 is 1.85 bits per heavy atom. The molecule has 0 radical (unpaired) electrons. The maximum Gasteiger partial charge on any atom is 0.346 e. The molecule has 0 aliphatic heterocycles. The van der Waals surface area contributed by atoms with Crippen LogP contribution in [0.15, 0.2) is 54.6 Å². The minimum atomic E-state index is -0.853. The van der Waals surface area contributed by atoms with Crippen LogP contribution < -0.4 is 0 Å². The van der Waals surface area contributed by atoms with E-state index in [-0.39, 0.29) is 16.8 Å². The lowest BCUT2D eigenvalue weighted by Gasteiger charge is -2.02. The Labute approximate surface area is 113 Å². The number of ether oxygens (including phenoxy) is 1. The van der Waals surface area contributed by atoms with E-state index < -0.39 is 16.9 Å². The van der Waals surface area contributed by atoms with Crippen LogP contribution in [0.5, 0.6) is 0 Å². The van der Waals surface area contributed by atoms with Crippen LogP contribution >= 0.6 is 0 Å². The van der Waals surface area contributed by atoms with Crippen LogP contribution in [-0.2, 0) is 4.74 Å². The number of benzene rings is 2. The Morgan fingerprint density at radius 1 is 0.850 bits per heavy atom. The fourth-order valence-corrected chi connectivity index (χ4v) is 1.50. The number of hydrogen-bond donors (Lipinski definition) is 0. The minimum Gasteiger partial charge on any atom is -0.386 e. The van der Waals surface area contributed by atoms with Gasteiger partial charge in [0.05, 0.1) is 16.1 Å². The molecule has 6 heteroatoms. The molecule has 2 aromatic carbocycles. The summed E-state index contributed by atoms with van der Waals surface area (Å²) < 4.78 is 4.68. The molecule has 0 N–H and O–H groups in total. The number of carbonyl (C=O) groups excluding carboxylic acids is 2. The summed E-state index contributed by atoms with van der Waals surface area (Å²) in [7, 11) is 0. The molecule has 6 nitrogen and oxygen atoms in total. The van der Waals surface area contributed by atoms with Crippen molar-refractivity contribution in [3.8, 4) is 0 Å². The summed E-state index contributed by atoms with van der Waals surface area (Å²) in [6.07, 6.45) is 0. The highest BCUT2D eigenvalue weighted by Gasteiger charge is 2.15. The van der Waals surface area contributed by atoms with Crippen LogP contribution in [0.2, 0.25) is 0 Å². The van der Waals surface area contributed by atoms with Gasteiger partial charge < -0.3 is 4.74 Å². The van der Waals surface area contributed by atoms with Gasteiger partial charge >= 0.3 is 11.9 Å². The molecule has 0 fully saturated rings. The van der Waals surface area contributed by atoms with E-state index in [1.165, 1.54) is 36.4 Å². The predicted molar refractivity (Wildman–Crippen MR) is 69.3 cm³/mol. The van der Waals surface area contributed by atoms with E-state index in [4.69, 9.17) is 0 Å². The normalized spacial score (nSPS) is 9.80. The molecule has 2 rings (SSSR count). The van der Waals surface area contributed by atoms with Crippen LogP contribution in [0.3, 0.4) is 0 Å². The third kappa shape index (κ3) is 3.05. The van der Waals surface area contributed by atoms with E-state index >= 15 is 0 Å². The molecule has 2 aromatic rings. The van der Waals surface area contributed by atoms with Crippen LogP contribution in [0.4, 0.5) is 5.69 Å². The number of carbonyl (C=O) groups is 2. The molecule has 0 heterocycles. The van der Waals surface area contributed by atoms with Gasteiger partial charge in [-0.1, -0.05) is 18.2 Å². The van der Waals surface area contributed by atoms with E-state index in [2.05, 4.69) is 4.74 Å². The van der Waals surface area contributed by atoms with Crippen LogP contribution in [-0.4, -0.2) is 16.9 Å². The molecule has 0 amide bonds. The van der Waals surface area contributed by atoms with E-state index in [1.807, 2.05) is 0 Å². The van der Waals surface area contributed by atoms with Gasteiger partial charge in [-0.2, -0.15) is 0 Å². The van der Waals surface area contributed by atoms with Gasteiger partial charge in [0.2, 0.25) is 0 Å². The second kappa shape index (κ2) is 5.75. The van der Waals surface area contributed by atoms with Crippen molar-refractivity contribution in [2.45, 2.75) is 0 Å². The Balaban J connectivity index is 2.08. The Morgan fingerprint density at radius 2 is 1.35 bits per heavy atom. The molecule has 20 heavy (non-hydrogen) atoms. The third-order valence-electron chi connectivity index (χ3n) is 2.51. The molecule has 0 saturated carbocycles. The average Bonchev–Trinajstić information content (AvgIpc) is 2.48. The zero-order valence-corrected chi connectivity index (χ0v) is 10.2. The third-order valence-corrected chi connectivity index (χ3v) is 2.51. The molecule has 0 aromatic heterocycles. The standard InChI is InChI=1S/C14H9NO5/c16-13(10-4-2-1-3-5-10)20-14(17)11-6-8-12(9-7-11)15(18)19/h1-9H. The zero-order valence-electron chi connectivity index (χ0n) is 10.2. The first-order valence-electron chi connectivity index (χ1n) is 5.64. The summed E-state index contributed by atoms with van der Waals surface area (Å²) in [5, 5.41) is 10.5. The highest BCUT2D eigenvalue weighted by molar-refractivity contribution is 6.02. The summed E-state index contributed by atoms with van der Waals surface area (Å²) in [4.78, 5) is 33.2. The minimum absolute atomic E-state index is 0.0693. The van der Waals surface area contributed by atoms with Crippen molar-refractivity contribution in [2.75, 3.05) is 0 Å². The number of nitrogens with zero attached hydrogens (tertiary/aromatic N) is 1. The molecular weight excluding hydrogens is 262 g/mol. The first-order chi connectivity index (χ1) is 9.58. The zero-order chi connectivity index (χ0) is 14.5. The largest absolute Gasteiger partial charge is 0.386 e. The van der Waals surface area contributed by atoms with Gasteiger partial charge in [-0.05, 0) is 24.3 Å². The van der Waals surface area contributed by atoms with Crippen molar-refractivity contribution in [2.24, 2.45) is 0 Å². The summed E-state index contributed by atoms with van der Waals surface area (Å²) in [6, 6.07) is 12.9. The van der Waals surface area contributed by atoms with Gasteiger partial charge in [0.25, 0.3) is 5.69 Å². The molecule has 0 unspecified atom stereocenters. The smallest absolute Gasteiger partial charge is 0.346 e. The first-order valence-corrected chi connectivity index (χ1v) is 5.64. The summed E-state index contributed by atoms with van der Waals surface area (Å²) >= 11 is 0. The second-order valence-corrected chi connectivity index (χ2v) is 3.85. The molecule has 0 aliphatic carbocycles.